The number of fused-ring (bicyclic) bond motifs is 1. The second-order valence-corrected chi connectivity index (χ2v) is 3.94. The van der Waals surface area contributed by atoms with Crippen molar-refractivity contribution in [1.82, 2.24) is 0 Å². The Labute approximate surface area is 100 Å². The first kappa shape index (κ1) is 12.1. The van der Waals surface area contributed by atoms with Crippen LogP contribution in [0.15, 0.2) is 18.2 Å². The molecule has 17 heavy (non-hydrogen) atoms. The van der Waals surface area contributed by atoms with E-state index in [1.165, 1.54) is 14.2 Å². The molecule has 0 saturated heterocycles. The third-order valence-electron chi connectivity index (χ3n) is 2.84. The largest absolute Gasteiger partial charge is 0.493 e. The van der Waals surface area contributed by atoms with Crippen molar-refractivity contribution < 1.29 is 19.0 Å². The topological polar surface area (TPSA) is 44.8 Å². The maximum atomic E-state index is 12.0. The summed E-state index contributed by atoms with van der Waals surface area (Å²) in [5.41, 5.74) is 1.68. The molecule has 1 aliphatic rings. The van der Waals surface area contributed by atoms with Crippen molar-refractivity contribution in [3.63, 3.8) is 0 Å². The van der Waals surface area contributed by atoms with E-state index in [9.17, 15) is 4.79 Å². The highest BCUT2D eigenvalue weighted by atomic mass is 16.7. The first-order valence-corrected chi connectivity index (χ1v) is 5.62. The predicted molar refractivity (Wildman–Crippen MR) is 62.4 cm³/mol. The molecule has 0 amide bonds. The van der Waals surface area contributed by atoms with Crippen LogP contribution in [0.25, 0.3) is 0 Å². The molecule has 0 spiro atoms. The minimum absolute atomic E-state index is 0.164. The maximum Gasteiger partial charge on any atom is 0.222 e. The van der Waals surface area contributed by atoms with Crippen LogP contribution in [0.2, 0.25) is 0 Å². The number of rotatable bonds is 4. The van der Waals surface area contributed by atoms with Crippen LogP contribution in [0, 0.1) is 0 Å². The van der Waals surface area contributed by atoms with Crippen LogP contribution in [0.4, 0.5) is 0 Å². The normalized spacial score (nSPS) is 14.3. The van der Waals surface area contributed by atoms with Gasteiger partial charge in [0.25, 0.3) is 0 Å². The quantitative estimate of drug-likeness (QED) is 0.591. The second-order valence-electron chi connectivity index (χ2n) is 3.94. The number of aryl methyl sites for hydroxylation is 1. The highest BCUT2D eigenvalue weighted by Crippen LogP contribution is 2.26. The average Bonchev–Trinajstić information content (AvgIpc) is 2.39. The molecule has 1 heterocycles. The Morgan fingerprint density at radius 1 is 1.35 bits per heavy atom. The Hall–Kier alpha value is -1.39. The van der Waals surface area contributed by atoms with E-state index in [0.717, 1.165) is 30.8 Å². The summed E-state index contributed by atoms with van der Waals surface area (Å²) in [5, 5.41) is 0. The van der Waals surface area contributed by atoms with Crippen LogP contribution in [-0.2, 0) is 15.9 Å². The average molecular weight is 236 g/mol. The van der Waals surface area contributed by atoms with Crippen LogP contribution in [0.1, 0.15) is 22.3 Å². The van der Waals surface area contributed by atoms with Crippen molar-refractivity contribution in [3.05, 3.63) is 29.3 Å². The summed E-state index contributed by atoms with van der Waals surface area (Å²) in [5.74, 6) is 0.711. The molecule has 0 fully saturated rings. The Kier molecular flexibility index (Phi) is 3.76. The highest BCUT2D eigenvalue weighted by molar-refractivity contribution is 5.99. The first-order valence-electron chi connectivity index (χ1n) is 5.62. The number of carbonyl (C=O) groups excluding carboxylic acids is 1. The van der Waals surface area contributed by atoms with Crippen LogP contribution in [-0.4, -0.2) is 32.9 Å². The van der Waals surface area contributed by atoms with E-state index in [2.05, 4.69) is 0 Å². The number of benzene rings is 1. The lowest BCUT2D eigenvalue weighted by molar-refractivity contribution is -0.0742. The molecule has 0 atom stereocenters. The van der Waals surface area contributed by atoms with Gasteiger partial charge in [-0.05, 0) is 36.6 Å². The smallest absolute Gasteiger partial charge is 0.222 e. The van der Waals surface area contributed by atoms with Gasteiger partial charge in [-0.2, -0.15) is 0 Å². The summed E-state index contributed by atoms with van der Waals surface area (Å²) in [7, 11) is 2.90. The van der Waals surface area contributed by atoms with Gasteiger partial charge in [-0.25, -0.2) is 0 Å². The maximum absolute atomic E-state index is 12.0. The fraction of sp³-hybridized carbons (Fsp3) is 0.462. The lowest BCUT2D eigenvalue weighted by atomic mass is 10.0. The Morgan fingerprint density at radius 3 is 2.82 bits per heavy atom. The van der Waals surface area contributed by atoms with Gasteiger partial charge in [0.1, 0.15) is 5.75 Å². The van der Waals surface area contributed by atoms with Crippen LogP contribution in [0.5, 0.6) is 5.75 Å². The number of ketones is 1. The van der Waals surface area contributed by atoms with Gasteiger partial charge in [0.2, 0.25) is 12.1 Å². The number of Topliss-reactive ketones (excluding diaryl/α,β-unsaturated/α-hetero) is 1. The molecule has 0 aliphatic carbocycles. The highest BCUT2D eigenvalue weighted by Gasteiger charge is 2.20. The molecule has 92 valence electrons. The summed E-state index contributed by atoms with van der Waals surface area (Å²) in [6, 6.07) is 5.45. The van der Waals surface area contributed by atoms with Gasteiger partial charge in [-0.1, -0.05) is 0 Å². The molecular formula is C13H16O4. The molecule has 0 aromatic heterocycles. The van der Waals surface area contributed by atoms with Crippen molar-refractivity contribution in [2.24, 2.45) is 0 Å². The minimum Gasteiger partial charge on any atom is -0.493 e. The molecule has 0 saturated carbocycles. The summed E-state index contributed by atoms with van der Waals surface area (Å²) >= 11 is 0. The molecule has 1 aromatic carbocycles. The molecule has 0 unspecified atom stereocenters. The first-order chi connectivity index (χ1) is 8.26. The number of carbonyl (C=O) groups is 1. The number of hydrogen-bond donors (Lipinski definition) is 0. The van der Waals surface area contributed by atoms with Crippen molar-refractivity contribution in [3.8, 4) is 5.75 Å². The molecule has 4 heteroatoms. The predicted octanol–water partition coefficient (Wildman–Crippen LogP) is 1.81. The molecule has 1 aliphatic heterocycles. The second kappa shape index (κ2) is 5.29. The molecule has 0 bridgehead atoms. The zero-order chi connectivity index (χ0) is 12.3. The third kappa shape index (κ3) is 2.48. The molecule has 1 aromatic rings. The van der Waals surface area contributed by atoms with E-state index in [1.807, 2.05) is 12.1 Å². The Bertz CT molecular complexity index is 410. The van der Waals surface area contributed by atoms with E-state index in [-0.39, 0.29) is 5.78 Å². The van der Waals surface area contributed by atoms with Crippen molar-refractivity contribution in [2.45, 2.75) is 19.1 Å². The summed E-state index contributed by atoms with van der Waals surface area (Å²) in [6.07, 6.45) is 1.10. The van der Waals surface area contributed by atoms with Gasteiger partial charge in [0, 0.05) is 19.8 Å². The SMILES string of the molecule is COC(OC)C(=O)c1ccc2c(c1)CCCO2. The Balaban J connectivity index is 2.24. The van der Waals surface area contributed by atoms with E-state index < -0.39 is 6.29 Å². The molecule has 0 radical (unpaired) electrons. The van der Waals surface area contributed by atoms with Gasteiger partial charge in [-0.3, -0.25) is 4.79 Å². The number of ether oxygens (including phenoxy) is 3. The number of hydrogen-bond acceptors (Lipinski definition) is 4. The zero-order valence-electron chi connectivity index (χ0n) is 10.1. The lowest BCUT2D eigenvalue weighted by Gasteiger charge is -2.18. The zero-order valence-corrected chi connectivity index (χ0v) is 10.1. The summed E-state index contributed by atoms with van der Waals surface area (Å²) in [4.78, 5) is 12.0. The monoisotopic (exact) mass is 236 g/mol. The van der Waals surface area contributed by atoms with Crippen molar-refractivity contribution in [2.75, 3.05) is 20.8 Å². The van der Waals surface area contributed by atoms with Gasteiger partial charge >= 0.3 is 0 Å². The van der Waals surface area contributed by atoms with Crippen molar-refractivity contribution in [1.29, 1.82) is 0 Å². The van der Waals surface area contributed by atoms with E-state index >= 15 is 0 Å². The summed E-state index contributed by atoms with van der Waals surface area (Å²) in [6.45, 7) is 0.749. The van der Waals surface area contributed by atoms with Crippen LogP contribution < -0.4 is 4.74 Å². The Morgan fingerprint density at radius 2 is 2.12 bits per heavy atom. The number of methoxy groups -OCH3 is 2. The van der Waals surface area contributed by atoms with E-state index in [4.69, 9.17) is 14.2 Å². The standard InChI is InChI=1S/C13H16O4/c1-15-13(16-2)12(14)10-5-6-11-9(8-10)4-3-7-17-11/h5-6,8,13H,3-4,7H2,1-2H3. The van der Waals surface area contributed by atoms with E-state index in [0.29, 0.717) is 5.56 Å². The molecule has 0 N–H and O–H groups in total. The van der Waals surface area contributed by atoms with Crippen LogP contribution in [0.3, 0.4) is 0 Å². The fourth-order valence-corrected chi connectivity index (χ4v) is 1.96. The summed E-state index contributed by atoms with van der Waals surface area (Å²) < 4.78 is 15.4. The van der Waals surface area contributed by atoms with Gasteiger partial charge < -0.3 is 14.2 Å². The molecule has 2 rings (SSSR count). The third-order valence-corrected chi connectivity index (χ3v) is 2.84. The van der Waals surface area contributed by atoms with Gasteiger partial charge in [-0.15, -0.1) is 0 Å². The fourth-order valence-electron chi connectivity index (χ4n) is 1.96. The molecule has 4 nitrogen and oxygen atoms in total. The lowest BCUT2D eigenvalue weighted by Crippen LogP contribution is -2.25. The van der Waals surface area contributed by atoms with Gasteiger partial charge in [0.15, 0.2) is 0 Å². The van der Waals surface area contributed by atoms with Crippen LogP contribution >= 0.6 is 0 Å². The van der Waals surface area contributed by atoms with Gasteiger partial charge in [0.05, 0.1) is 6.61 Å². The van der Waals surface area contributed by atoms with Crippen molar-refractivity contribution >= 4 is 5.78 Å². The van der Waals surface area contributed by atoms with E-state index in [1.54, 1.807) is 6.07 Å². The molecular weight excluding hydrogens is 220 g/mol. The minimum atomic E-state index is -0.836.